The molecule has 0 saturated heterocycles. The Bertz CT molecular complexity index is 148. The van der Waals surface area contributed by atoms with Crippen LogP contribution >= 0.6 is 0 Å². The summed E-state index contributed by atoms with van der Waals surface area (Å²) in [4.78, 5) is 11.3. The average Bonchev–Trinajstić information content (AvgIpc) is 2.17. The maximum Gasteiger partial charge on any atom is 0.220 e. The predicted molar refractivity (Wildman–Crippen MR) is 60.2 cm³/mol. The molecule has 3 nitrogen and oxygen atoms in total. The second-order valence-electron chi connectivity index (χ2n) is 3.77. The van der Waals surface area contributed by atoms with E-state index in [1.54, 1.807) is 0 Å². The highest BCUT2D eigenvalue weighted by Crippen LogP contribution is 2.05. The van der Waals surface area contributed by atoms with Crippen LogP contribution in [0.5, 0.6) is 0 Å². The molecule has 0 heterocycles. The van der Waals surface area contributed by atoms with E-state index in [2.05, 4.69) is 31.4 Å². The molecule has 0 aliphatic rings. The summed E-state index contributed by atoms with van der Waals surface area (Å²) in [6.07, 6.45) is 2.75. The Labute approximate surface area is 87.6 Å². The van der Waals surface area contributed by atoms with Gasteiger partial charge in [-0.3, -0.25) is 4.79 Å². The predicted octanol–water partition coefficient (Wildman–Crippen LogP) is 1.54. The van der Waals surface area contributed by atoms with Crippen LogP contribution in [-0.4, -0.2) is 25.5 Å². The summed E-state index contributed by atoms with van der Waals surface area (Å²) in [5, 5.41) is 6.15. The van der Waals surface area contributed by atoms with E-state index in [0.29, 0.717) is 12.3 Å². The maximum atomic E-state index is 11.3. The number of rotatable bonds is 8. The van der Waals surface area contributed by atoms with Crippen molar-refractivity contribution in [3.63, 3.8) is 0 Å². The molecule has 0 spiro atoms. The van der Waals surface area contributed by atoms with Crippen molar-refractivity contribution >= 4 is 5.91 Å². The van der Waals surface area contributed by atoms with Crippen LogP contribution in [0.3, 0.4) is 0 Å². The first-order valence-corrected chi connectivity index (χ1v) is 5.68. The van der Waals surface area contributed by atoms with Crippen LogP contribution in [0.25, 0.3) is 0 Å². The highest BCUT2D eigenvalue weighted by Gasteiger charge is 2.05. The minimum Gasteiger partial charge on any atom is -0.356 e. The molecule has 14 heavy (non-hydrogen) atoms. The largest absolute Gasteiger partial charge is 0.356 e. The van der Waals surface area contributed by atoms with Crippen LogP contribution in [0.1, 0.15) is 40.0 Å². The fourth-order valence-electron chi connectivity index (χ4n) is 1.15. The van der Waals surface area contributed by atoms with E-state index < -0.39 is 0 Å². The standard InChI is InChI=1S/C11H24N2O/c1-4-10(3)9-11(14)13-8-6-7-12-5-2/h10,12H,4-9H2,1-3H3,(H,13,14). The van der Waals surface area contributed by atoms with Crippen molar-refractivity contribution < 1.29 is 4.79 Å². The van der Waals surface area contributed by atoms with Crippen molar-refractivity contribution in [3.05, 3.63) is 0 Å². The number of carbonyl (C=O) groups excluding carboxylic acids is 1. The zero-order valence-corrected chi connectivity index (χ0v) is 9.73. The summed E-state index contributed by atoms with van der Waals surface area (Å²) in [6, 6.07) is 0. The van der Waals surface area contributed by atoms with Crippen molar-refractivity contribution in [2.45, 2.75) is 40.0 Å². The van der Waals surface area contributed by atoms with Gasteiger partial charge >= 0.3 is 0 Å². The van der Waals surface area contributed by atoms with E-state index in [9.17, 15) is 4.79 Å². The van der Waals surface area contributed by atoms with Gasteiger partial charge in [-0.1, -0.05) is 27.2 Å². The summed E-state index contributed by atoms with van der Waals surface area (Å²) in [5.41, 5.74) is 0. The molecule has 0 aliphatic heterocycles. The van der Waals surface area contributed by atoms with E-state index in [-0.39, 0.29) is 5.91 Å². The van der Waals surface area contributed by atoms with Crippen molar-refractivity contribution in [2.24, 2.45) is 5.92 Å². The van der Waals surface area contributed by atoms with Gasteiger partial charge < -0.3 is 10.6 Å². The minimum absolute atomic E-state index is 0.191. The van der Waals surface area contributed by atoms with Crippen LogP contribution < -0.4 is 10.6 Å². The number of nitrogens with one attached hydrogen (secondary N) is 2. The topological polar surface area (TPSA) is 41.1 Å². The molecule has 84 valence electrons. The Kier molecular flexibility index (Phi) is 8.64. The Morgan fingerprint density at radius 3 is 2.57 bits per heavy atom. The number of hydrogen-bond acceptors (Lipinski definition) is 2. The lowest BCUT2D eigenvalue weighted by molar-refractivity contribution is -0.121. The SMILES string of the molecule is CCNCCCNC(=O)CC(C)CC. The second kappa shape index (κ2) is 9.00. The Morgan fingerprint density at radius 2 is 2.00 bits per heavy atom. The van der Waals surface area contributed by atoms with Gasteiger partial charge in [0.25, 0.3) is 0 Å². The summed E-state index contributed by atoms with van der Waals surface area (Å²) in [6.45, 7) is 9.09. The monoisotopic (exact) mass is 200 g/mol. The fourth-order valence-corrected chi connectivity index (χ4v) is 1.15. The first kappa shape index (κ1) is 13.4. The molecule has 0 bridgehead atoms. The third-order valence-electron chi connectivity index (χ3n) is 2.33. The quantitative estimate of drug-likeness (QED) is 0.584. The molecule has 1 amide bonds. The molecule has 0 saturated carbocycles. The molecule has 0 aromatic rings. The zero-order valence-electron chi connectivity index (χ0n) is 9.73. The Balaban J connectivity index is 3.27. The van der Waals surface area contributed by atoms with E-state index >= 15 is 0 Å². The fraction of sp³-hybridized carbons (Fsp3) is 0.909. The molecule has 0 aromatic heterocycles. The highest BCUT2D eigenvalue weighted by molar-refractivity contribution is 5.76. The molecule has 0 aromatic carbocycles. The molecular formula is C11H24N2O. The van der Waals surface area contributed by atoms with Gasteiger partial charge in [-0.05, 0) is 25.4 Å². The smallest absolute Gasteiger partial charge is 0.220 e. The summed E-state index contributed by atoms with van der Waals surface area (Å²) >= 11 is 0. The van der Waals surface area contributed by atoms with Gasteiger partial charge in [0.15, 0.2) is 0 Å². The number of amides is 1. The van der Waals surface area contributed by atoms with Gasteiger partial charge in [0.2, 0.25) is 5.91 Å². The molecule has 3 heteroatoms. The molecule has 1 unspecified atom stereocenters. The number of carbonyl (C=O) groups is 1. The first-order valence-electron chi connectivity index (χ1n) is 5.68. The van der Waals surface area contributed by atoms with Gasteiger partial charge in [0.05, 0.1) is 0 Å². The summed E-state index contributed by atoms with van der Waals surface area (Å²) < 4.78 is 0. The van der Waals surface area contributed by atoms with Crippen molar-refractivity contribution in [1.29, 1.82) is 0 Å². The second-order valence-corrected chi connectivity index (χ2v) is 3.77. The van der Waals surface area contributed by atoms with Gasteiger partial charge in [-0.15, -0.1) is 0 Å². The Hall–Kier alpha value is -0.570. The molecule has 0 rings (SSSR count). The third kappa shape index (κ3) is 8.05. The third-order valence-corrected chi connectivity index (χ3v) is 2.33. The Morgan fingerprint density at radius 1 is 1.29 bits per heavy atom. The normalized spacial score (nSPS) is 12.5. The summed E-state index contributed by atoms with van der Waals surface area (Å²) in [5.74, 6) is 0.694. The molecule has 0 fully saturated rings. The lowest BCUT2D eigenvalue weighted by Crippen LogP contribution is -2.28. The van der Waals surface area contributed by atoms with Gasteiger partial charge in [-0.25, -0.2) is 0 Å². The van der Waals surface area contributed by atoms with Crippen LogP contribution in [0.15, 0.2) is 0 Å². The first-order chi connectivity index (χ1) is 6.70. The van der Waals surface area contributed by atoms with Crippen LogP contribution in [0, 0.1) is 5.92 Å². The summed E-state index contributed by atoms with van der Waals surface area (Å²) in [7, 11) is 0. The van der Waals surface area contributed by atoms with E-state index in [1.807, 2.05) is 0 Å². The van der Waals surface area contributed by atoms with Gasteiger partial charge in [-0.2, -0.15) is 0 Å². The molecule has 2 N–H and O–H groups in total. The average molecular weight is 200 g/mol. The van der Waals surface area contributed by atoms with E-state index in [0.717, 1.165) is 32.5 Å². The van der Waals surface area contributed by atoms with Crippen LogP contribution in [0.4, 0.5) is 0 Å². The van der Waals surface area contributed by atoms with Crippen molar-refractivity contribution in [2.75, 3.05) is 19.6 Å². The van der Waals surface area contributed by atoms with Crippen LogP contribution in [-0.2, 0) is 4.79 Å². The van der Waals surface area contributed by atoms with Crippen LogP contribution in [0.2, 0.25) is 0 Å². The van der Waals surface area contributed by atoms with Crippen molar-refractivity contribution in [1.82, 2.24) is 10.6 Å². The van der Waals surface area contributed by atoms with Crippen molar-refractivity contribution in [3.8, 4) is 0 Å². The van der Waals surface area contributed by atoms with E-state index in [1.165, 1.54) is 0 Å². The molecule has 1 atom stereocenters. The minimum atomic E-state index is 0.191. The lowest BCUT2D eigenvalue weighted by Gasteiger charge is -2.09. The van der Waals surface area contributed by atoms with Gasteiger partial charge in [0.1, 0.15) is 0 Å². The molecular weight excluding hydrogens is 176 g/mol. The van der Waals surface area contributed by atoms with E-state index in [4.69, 9.17) is 0 Å². The molecule has 0 radical (unpaired) electrons. The highest BCUT2D eigenvalue weighted by atomic mass is 16.1. The maximum absolute atomic E-state index is 11.3. The molecule has 0 aliphatic carbocycles. The lowest BCUT2D eigenvalue weighted by atomic mass is 10.1. The van der Waals surface area contributed by atoms with Gasteiger partial charge in [0, 0.05) is 13.0 Å². The zero-order chi connectivity index (χ0) is 10.8. The number of hydrogen-bond donors (Lipinski definition) is 2.